The lowest BCUT2D eigenvalue weighted by molar-refractivity contribution is -0.115. The molecule has 0 saturated heterocycles. The van der Waals surface area contributed by atoms with Gasteiger partial charge in [0.1, 0.15) is 0 Å². The summed E-state index contributed by atoms with van der Waals surface area (Å²) in [6.07, 6.45) is 0.0127. The number of nitrogens with one attached hydrogen (secondary N) is 2. The summed E-state index contributed by atoms with van der Waals surface area (Å²) in [6, 6.07) is 13.7. The first-order valence-corrected chi connectivity index (χ1v) is 8.06. The summed E-state index contributed by atoms with van der Waals surface area (Å²) in [6.45, 7) is 0. The second kappa shape index (κ2) is 7.18. The van der Waals surface area contributed by atoms with Crippen LogP contribution in [0.2, 0.25) is 0 Å². The molecule has 0 fully saturated rings. The predicted octanol–water partition coefficient (Wildman–Crippen LogP) is 1.47. The van der Waals surface area contributed by atoms with Crippen molar-refractivity contribution in [3.8, 4) is 0 Å². The number of anilines is 1. The summed E-state index contributed by atoms with van der Waals surface area (Å²) < 4.78 is 1.23. The fraction of sp³-hybridized carbons (Fsp3) is 0.158. The van der Waals surface area contributed by atoms with Crippen LogP contribution in [-0.2, 0) is 18.3 Å². The standard InChI is InChI=1S/C19H18N4O3/c1-20-18(25)12-6-5-7-13(10-12)21-17(24)11-16-14-8-3-4-9-15(14)19(26)23(2)22-16/h3-10H,11H2,1-2H3,(H,20,25)(H,21,24). The van der Waals surface area contributed by atoms with Crippen molar-refractivity contribution in [2.75, 3.05) is 12.4 Å². The van der Waals surface area contributed by atoms with Gasteiger partial charge in [-0.2, -0.15) is 5.10 Å². The van der Waals surface area contributed by atoms with Gasteiger partial charge in [-0.3, -0.25) is 14.4 Å². The van der Waals surface area contributed by atoms with Gasteiger partial charge < -0.3 is 10.6 Å². The zero-order chi connectivity index (χ0) is 18.7. The Balaban J connectivity index is 1.85. The maximum Gasteiger partial charge on any atom is 0.274 e. The van der Waals surface area contributed by atoms with Gasteiger partial charge in [0.15, 0.2) is 0 Å². The first-order valence-electron chi connectivity index (χ1n) is 8.06. The van der Waals surface area contributed by atoms with Crippen LogP contribution < -0.4 is 16.2 Å². The Morgan fingerprint density at radius 1 is 1.08 bits per heavy atom. The van der Waals surface area contributed by atoms with Crippen LogP contribution in [0.25, 0.3) is 10.8 Å². The van der Waals surface area contributed by atoms with Gasteiger partial charge in [-0.15, -0.1) is 0 Å². The third-order valence-electron chi connectivity index (χ3n) is 4.00. The Bertz CT molecular complexity index is 1060. The van der Waals surface area contributed by atoms with E-state index in [1.807, 2.05) is 0 Å². The van der Waals surface area contributed by atoms with Gasteiger partial charge in [0.25, 0.3) is 11.5 Å². The molecule has 2 amide bonds. The summed E-state index contributed by atoms with van der Waals surface area (Å²) in [5, 5.41) is 10.7. The molecule has 1 aromatic heterocycles. The Morgan fingerprint density at radius 2 is 1.81 bits per heavy atom. The molecule has 0 atom stereocenters. The average Bonchev–Trinajstić information content (AvgIpc) is 2.65. The lowest BCUT2D eigenvalue weighted by Gasteiger charge is -2.09. The number of aryl methyl sites for hydroxylation is 1. The molecule has 3 rings (SSSR count). The number of carbonyl (C=O) groups excluding carboxylic acids is 2. The SMILES string of the molecule is CNC(=O)c1cccc(NC(=O)Cc2nn(C)c(=O)c3ccccc23)c1. The molecular weight excluding hydrogens is 332 g/mol. The van der Waals surface area contributed by atoms with Crippen LogP contribution in [0.3, 0.4) is 0 Å². The average molecular weight is 350 g/mol. The van der Waals surface area contributed by atoms with Gasteiger partial charge in [-0.1, -0.05) is 24.3 Å². The number of hydrogen-bond acceptors (Lipinski definition) is 4. The minimum Gasteiger partial charge on any atom is -0.355 e. The van der Waals surface area contributed by atoms with Crippen LogP contribution in [0.15, 0.2) is 53.3 Å². The van der Waals surface area contributed by atoms with E-state index in [2.05, 4.69) is 15.7 Å². The topological polar surface area (TPSA) is 93.1 Å². The molecule has 0 aliphatic rings. The van der Waals surface area contributed by atoms with Crippen molar-refractivity contribution in [2.24, 2.45) is 7.05 Å². The lowest BCUT2D eigenvalue weighted by atomic mass is 10.1. The molecule has 0 aliphatic carbocycles. The fourth-order valence-electron chi connectivity index (χ4n) is 2.75. The number of rotatable bonds is 4. The molecule has 0 bridgehead atoms. The maximum absolute atomic E-state index is 12.4. The summed E-state index contributed by atoms with van der Waals surface area (Å²) >= 11 is 0. The number of nitrogens with zero attached hydrogens (tertiary/aromatic N) is 2. The van der Waals surface area contributed by atoms with Gasteiger partial charge in [0.2, 0.25) is 5.91 Å². The molecule has 0 spiro atoms. The minimum absolute atomic E-state index is 0.0127. The monoisotopic (exact) mass is 350 g/mol. The molecule has 2 aromatic carbocycles. The van der Waals surface area contributed by atoms with Gasteiger partial charge in [0, 0.05) is 30.7 Å². The van der Waals surface area contributed by atoms with Crippen molar-refractivity contribution in [3.63, 3.8) is 0 Å². The highest BCUT2D eigenvalue weighted by Crippen LogP contribution is 2.15. The Labute approximate surface area is 149 Å². The first-order chi connectivity index (χ1) is 12.5. The second-order valence-electron chi connectivity index (χ2n) is 5.81. The molecule has 26 heavy (non-hydrogen) atoms. The number of aromatic nitrogens is 2. The van der Waals surface area contributed by atoms with E-state index in [9.17, 15) is 14.4 Å². The van der Waals surface area contributed by atoms with Gasteiger partial charge in [-0.05, 0) is 24.3 Å². The largest absolute Gasteiger partial charge is 0.355 e. The van der Waals surface area contributed by atoms with Crippen molar-refractivity contribution in [2.45, 2.75) is 6.42 Å². The summed E-state index contributed by atoms with van der Waals surface area (Å²) in [4.78, 5) is 36.3. The van der Waals surface area contributed by atoms with E-state index in [-0.39, 0.29) is 23.8 Å². The number of fused-ring (bicyclic) bond motifs is 1. The zero-order valence-corrected chi connectivity index (χ0v) is 14.4. The molecular formula is C19H18N4O3. The third-order valence-corrected chi connectivity index (χ3v) is 4.00. The molecule has 1 heterocycles. The molecule has 0 unspecified atom stereocenters. The summed E-state index contributed by atoms with van der Waals surface area (Å²) in [5.41, 5.74) is 1.28. The molecule has 2 N–H and O–H groups in total. The van der Waals surface area contributed by atoms with Crippen LogP contribution in [0.5, 0.6) is 0 Å². The van der Waals surface area contributed by atoms with E-state index in [0.29, 0.717) is 27.7 Å². The van der Waals surface area contributed by atoms with Crippen molar-refractivity contribution in [1.29, 1.82) is 0 Å². The smallest absolute Gasteiger partial charge is 0.274 e. The van der Waals surface area contributed by atoms with Crippen molar-refractivity contribution in [1.82, 2.24) is 15.1 Å². The highest BCUT2D eigenvalue weighted by atomic mass is 16.2. The highest BCUT2D eigenvalue weighted by molar-refractivity contribution is 5.98. The van der Waals surface area contributed by atoms with Gasteiger partial charge in [0.05, 0.1) is 17.5 Å². The van der Waals surface area contributed by atoms with Gasteiger partial charge in [-0.25, -0.2) is 4.68 Å². The summed E-state index contributed by atoms with van der Waals surface area (Å²) in [7, 11) is 3.10. The van der Waals surface area contributed by atoms with E-state index >= 15 is 0 Å². The fourth-order valence-corrected chi connectivity index (χ4v) is 2.75. The normalized spacial score (nSPS) is 10.5. The van der Waals surface area contributed by atoms with Crippen LogP contribution in [-0.4, -0.2) is 28.6 Å². The van der Waals surface area contributed by atoms with E-state index in [1.54, 1.807) is 62.6 Å². The minimum atomic E-state index is -0.282. The quantitative estimate of drug-likeness (QED) is 0.745. The van der Waals surface area contributed by atoms with Crippen LogP contribution in [0.4, 0.5) is 5.69 Å². The lowest BCUT2D eigenvalue weighted by Crippen LogP contribution is -2.24. The maximum atomic E-state index is 12.4. The number of benzene rings is 2. The molecule has 132 valence electrons. The van der Waals surface area contributed by atoms with Crippen LogP contribution >= 0.6 is 0 Å². The molecule has 0 saturated carbocycles. The Hall–Kier alpha value is -3.48. The van der Waals surface area contributed by atoms with E-state index in [1.165, 1.54) is 4.68 Å². The first kappa shape index (κ1) is 17.3. The number of amides is 2. The second-order valence-corrected chi connectivity index (χ2v) is 5.81. The van der Waals surface area contributed by atoms with Crippen molar-refractivity contribution in [3.05, 3.63) is 70.1 Å². The molecule has 7 heteroatoms. The van der Waals surface area contributed by atoms with Crippen molar-refractivity contribution >= 4 is 28.3 Å². The molecule has 0 radical (unpaired) electrons. The summed E-state index contributed by atoms with van der Waals surface area (Å²) in [5.74, 6) is -0.512. The predicted molar refractivity (Wildman–Crippen MR) is 99.1 cm³/mol. The van der Waals surface area contributed by atoms with Gasteiger partial charge >= 0.3 is 0 Å². The molecule has 0 aliphatic heterocycles. The number of hydrogen-bond donors (Lipinski definition) is 2. The van der Waals surface area contributed by atoms with Crippen molar-refractivity contribution < 1.29 is 9.59 Å². The third kappa shape index (κ3) is 3.46. The van der Waals surface area contributed by atoms with E-state index < -0.39 is 0 Å². The van der Waals surface area contributed by atoms with Crippen LogP contribution in [0, 0.1) is 0 Å². The van der Waals surface area contributed by atoms with Crippen LogP contribution in [0.1, 0.15) is 16.1 Å². The molecule has 7 nitrogen and oxygen atoms in total. The molecule has 3 aromatic rings. The zero-order valence-electron chi connectivity index (χ0n) is 14.4. The van der Waals surface area contributed by atoms with E-state index in [4.69, 9.17) is 0 Å². The Morgan fingerprint density at radius 3 is 2.54 bits per heavy atom. The number of carbonyl (C=O) groups is 2. The highest BCUT2D eigenvalue weighted by Gasteiger charge is 2.13. The Kier molecular flexibility index (Phi) is 4.79. The van der Waals surface area contributed by atoms with E-state index in [0.717, 1.165) is 0 Å².